The van der Waals surface area contributed by atoms with Crippen molar-refractivity contribution in [2.45, 2.75) is 18.7 Å². The summed E-state index contributed by atoms with van der Waals surface area (Å²) in [5.74, 6) is 1.69. The van der Waals surface area contributed by atoms with Crippen LogP contribution in [0.3, 0.4) is 0 Å². The molecule has 2 aliphatic heterocycles. The summed E-state index contributed by atoms with van der Waals surface area (Å²) in [6.45, 7) is 0. The zero-order valence-electron chi connectivity index (χ0n) is 15.4. The standard InChI is InChI=1S/C23H19ClN2O2/c1-27-21-8-4-3-7-18(21)23-26-20(17-6-2-5-9-22(17)28-23)14-19(25-26)15-10-12-16(24)13-11-15/h2-13,20,23H,14H2,1H3/t20-,23+/m0/s1. The maximum atomic E-state index is 6.40. The Kier molecular flexibility index (Phi) is 4.21. The average Bonchev–Trinajstić information content (AvgIpc) is 3.19. The van der Waals surface area contributed by atoms with Gasteiger partial charge >= 0.3 is 0 Å². The Balaban J connectivity index is 1.61. The highest BCUT2D eigenvalue weighted by Gasteiger charge is 2.41. The predicted octanol–water partition coefficient (Wildman–Crippen LogP) is 5.59. The van der Waals surface area contributed by atoms with E-state index in [0.29, 0.717) is 0 Å². The van der Waals surface area contributed by atoms with Crippen LogP contribution in [0.1, 0.15) is 35.4 Å². The maximum absolute atomic E-state index is 6.40. The summed E-state index contributed by atoms with van der Waals surface area (Å²) in [7, 11) is 1.68. The van der Waals surface area contributed by atoms with Gasteiger partial charge in [0.1, 0.15) is 11.5 Å². The summed E-state index contributed by atoms with van der Waals surface area (Å²) in [6.07, 6.45) is 0.467. The van der Waals surface area contributed by atoms with Crippen LogP contribution in [0.15, 0.2) is 77.9 Å². The van der Waals surface area contributed by atoms with Crippen molar-refractivity contribution in [1.29, 1.82) is 0 Å². The van der Waals surface area contributed by atoms with E-state index in [9.17, 15) is 0 Å². The molecule has 0 N–H and O–H groups in total. The number of ether oxygens (including phenoxy) is 2. The van der Waals surface area contributed by atoms with E-state index in [1.165, 1.54) is 0 Å². The van der Waals surface area contributed by atoms with Crippen LogP contribution in [-0.2, 0) is 0 Å². The lowest BCUT2D eigenvalue weighted by Crippen LogP contribution is -2.33. The molecule has 0 radical (unpaired) electrons. The maximum Gasteiger partial charge on any atom is 0.217 e. The summed E-state index contributed by atoms with van der Waals surface area (Å²) in [4.78, 5) is 0. The monoisotopic (exact) mass is 390 g/mol. The van der Waals surface area contributed by atoms with Crippen molar-refractivity contribution < 1.29 is 9.47 Å². The van der Waals surface area contributed by atoms with Crippen molar-refractivity contribution >= 4 is 17.3 Å². The van der Waals surface area contributed by atoms with Gasteiger partial charge in [-0.3, -0.25) is 0 Å². The molecule has 2 atom stereocenters. The largest absolute Gasteiger partial charge is 0.496 e. The fourth-order valence-corrected chi connectivity index (χ4v) is 4.05. The summed E-state index contributed by atoms with van der Waals surface area (Å²) in [5, 5.41) is 7.75. The number of hydrogen-bond acceptors (Lipinski definition) is 4. The zero-order chi connectivity index (χ0) is 19.1. The molecule has 0 unspecified atom stereocenters. The second-order valence-electron chi connectivity index (χ2n) is 6.90. The Bertz CT molecular complexity index is 1050. The average molecular weight is 391 g/mol. The highest BCUT2D eigenvalue weighted by molar-refractivity contribution is 6.30. The summed E-state index contributed by atoms with van der Waals surface area (Å²) in [5.41, 5.74) is 4.23. The third-order valence-corrected chi connectivity index (χ3v) is 5.53. The van der Waals surface area contributed by atoms with Gasteiger partial charge in [0.05, 0.1) is 24.4 Å². The van der Waals surface area contributed by atoms with Crippen LogP contribution in [0.4, 0.5) is 0 Å². The molecule has 0 saturated heterocycles. The molecule has 0 amide bonds. The lowest BCUT2D eigenvalue weighted by atomic mass is 9.96. The van der Waals surface area contributed by atoms with Gasteiger partial charge < -0.3 is 9.47 Å². The number of hydrazone groups is 1. The molecule has 3 aromatic rings. The fourth-order valence-electron chi connectivity index (χ4n) is 3.93. The Morgan fingerprint density at radius 2 is 1.68 bits per heavy atom. The van der Waals surface area contributed by atoms with Crippen molar-refractivity contribution in [3.8, 4) is 11.5 Å². The number of para-hydroxylation sites is 2. The van der Waals surface area contributed by atoms with Crippen LogP contribution in [0, 0.1) is 0 Å². The van der Waals surface area contributed by atoms with Crippen LogP contribution in [0.2, 0.25) is 5.02 Å². The number of hydrogen-bond donors (Lipinski definition) is 0. The smallest absolute Gasteiger partial charge is 0.217 e. The molecular weight excluding hydrogens is 372 g/mol. The lowest BCUT2D eigenvalue weighted by Gasteiger charge is -2.38. The van der Waals surface area contributed by atoms with Crippen molar-refractivity contribution in [2.75, 3.05) is 7.11 Å². The topological polar surface area (TPSA) is 34.1 Å². The van der Waals surface area contributed by atoms with Gasteiger partial charge in [0.15, 0.2) is 0 Å². The van der Waals surface area contributed by atoms with Gasteiger partial charge in [-0.25, -0.2) is 5.01 Å². The normalized spacial score (nSPS) is 20.1. The molecule has 0 fully saturated rings. The summed E-state index contributed by atoms with van der Waals surface area (Å²) < 4.78 is 12.0. The molecule has 28 heavy (non-hydrogen) atoms. The Hall–Kier alpha value is -2.98. The van der Waals surface area contributed by atoms with E-state index < -0.39 is 0 Å². The Morgan fingerprint density at radius 3 is 2.46 bits per heavy atom. The number of rotatable bonds is 3. The van der Waals surface area contributed by atoms with Crippen LogP contribution in [0.25, 0.3) is 0 Å². The SMILES string of the molecule is COc1ccccc1[C@H]1Oc2ccccc2[C@@H]2CC(c3ccc(Cl)cc3)=NN12. The molecule has 0 spiro atoms. The first-order chi connectivity index (χ1) is 13.7. The van der Waals surface area contributed by atoms with E-state index in [1.54, 1.807) is 7.11 Å². The van der Waals surface area contributed by atoms with E-state index in [0.717, 1.165) is 45.3 Å². The van der Waals surface area contributed by atoms with Gasteiger partial charge in [0.25, 0.3) is 0 Å². The number of halogens is 1. The van der Waals surface area contributed by atoms with Crippen LogP contribution in [0.5, 0.6) is 11.5 Å². The van der Waals surface area contributed by atoms with Crippen LogP contribution in [-0.4, -0.2) is 17.8 Å². The van der Waals surface area contributed by atoms with Crippen LogP contribution >= 0.6 is 11.6 Å². The second-order valence-corrected chi connectivity index (χ2v) is 7.34. The third kappa shape index (κ3) is 2.81. The van der Waals surface area contributed by atoms with E-state index in [4.69, 9.17) is 26.2 Å². The Morgan fingerprint density at radius 1 is 0.964 bits per heavy atom. The number of nitrogens with zero attached hydrogens (tertiary/aromatic N) is 2. The zero-order valence-corrected chi connectivity index (χ0v) is 16.1. The highest BCUT2D eigenvalue weighted by atomic mass is 35.5. The minimum absolute atomic E-state index is 0.116. The van der Waals surface area contributed by atoms with Gasteiger partial charge in [0, 0.05) is 17.0 Å². The van der Waals surface area contributed by atoms with E-state index in [2.05, 4.69) is 11.1 Å². The molecule has 0 saturated carbocycles. The molecular formula is C23H19ClN2O2. The van der Waals surface area contributed by atoms with Crippen molar-refractivity contribution in [2.24, 2.45) is 5.10 Å². The molecule has 0 aromatic heterocycles. The second kappa shape index (κ2) is 6.88. The molecule has 0 aliphatic carbocycles. The minimum Gasteiger partial charge on any atom is -0.496 e. The van der Waals surface area contributed by atoms with Gasteiger partial charge in [-0.15, -0.1) is 0 Å². The molecule has 2 heterocycles. The quantitative estimate of drug-likeness (QED) is 0.584. The lowest BCUT2D eigenvalue weighted by molar-refractivity contribution is -0.0203. The molecule has 3 aromatic carbocycles. The first-order valence-electron chi connectivity index (χ1n) is 9.25. The number of benzene rings is 3. The van der Waals surface area contributed by atoms with Gasteiger partial charge in [0.2, 0.25) is 6.23 Å². The van der Waals surface area contributed by atoms with E-state index in [1.807, 2.05) is 66.7 Å². The van der Waals surface area contributed by atoms with Gasteiger partial charge in [-0.2, -0.15) is 5.10 Å². The molecule has 2 aliphatic rings. The van der Waals surface area contributed by atoms with E-state index in [-0.39, 0.29) is 12.3 Å². The highest BCUT2D eigenvalue weighted by Crippen LogP contribution is 2.48. The van der Waals surface area contributed by atoms with E-state index >= 15 is 0 Å². The molecule has 5 rings (SSSR count). The van der Waals surface area contributed by atoms with Gasteiger partial charge in [-0.05, 0) is 35.9 Å². The summed E-state index contributed by atoms with van der Waals surface area (Å²) in [6, 6.07) is 24.1. The predicted molar refractivity (Wildman–Crippen MR) is 110 cm³/mol. The van der Waals surface area contributed by atoms with Crippen molar-refractivity contribution in [1.82, 2.24) is 5.01 Å². The first-order valence-corrected chi connectivity index (χ1v) is 9.62. The molecule has 0 bridgehead atoms. The first kappa shape index (κ1) is 17.1. The van der Waals surface area contributed by atoms with Crippen LogP contribution < -0.4 is 9.47 Å². The van der Waals surface area contributed by atoms with Gasteiger partial charge in [-0.1, -0.05) is 54.1 Å². The number of fused-ring (bicyclic) bond motifs is 3. The summed E-state index contributed by atoms with van der Waals surface area (Å²) >= 11 is 6.06. The minimum atomic E-state index is -0.346. The third-order valence-electron chi connectivity index (χ3n) is 5.28. The fraction of sp³-hybridized carbons (Fsp3) is 0.174. The van der Waals surface area contributed by atoms with Crippen molar-refractivity contribution in [3.05, 3.63) is 94.5 Å². The molecule has 4 nitrogen and oxygen atoms in total. The van der Waals surface area contributed by atoms with Crippen molar-refractivity contribution in [3.63, 3.8) is 0 Å². The Labute approximate surface area is 169 Å². The molecule has 140 valence electrons. The molecule has 5 heteroatoms. The number of methoxy groups -OCH3 is 1.